The Bertz CT molecular complexity index is 468. The third-order valence-electron chi connectivity index (χ3n) is 7.31. The zero-order valence-electron chi connectivity index (χ0n) is 14.0. The van der Waals surface area contributed by atoms with Crippen LogP contribution < -0.4 is 0 Å². The van der Waals surface area contributed by atoms with Crippen LogP contribution in [0.15, 0.2) is 12.2 Å². The molecule has 0 heterocycles. The molecule has 0 N–H and O–H groups in total. The van der Waals surface area contributed by atoms with Crippen molar-refractivity contribution in [1.29, 1.82) is 0 Å². The lowest BCUT2D eigenvalue weighted by Gasteiger charge is -2.35. The highest BCUT2D eigenvalue weighted by molar-refractivity contribution is 5.73. The molecule has 8 atom stereocenters. The van der Waals surface area contributed by atoms with Gasteiger partial charge >= 0.3 is 5.97 Å². The minimum Gasteiger partial charge on any atom is -0.465 e. The van der Waals surface area contributed by atoms with E-state index >= 15 is 0 Å². The number of carbonyl (C=O) groups is 1. The zero-order chi connectivity index (χ0) is 15.3. The number of fused-ring (bicyclic) bond motifs is 9. The summed E-state index contributed by atoms with van der Waals surface area (Å²) in [5.74, 6) is 5.70. The summed E-state index contributed by atoms with van der Waals surface area (Å²) in [5.41, 5.74) is 0. The standard InChI is InChI=1S/C20H30O2/c1-3-5-12(4-2)11-22-20(21)17-10-15-9-16(17)19-14-7-6-13(8-14)18(15)19/h6-7,12-19H,3-5,8-11H2,1-2H3. The van der Waals surface area contributed by atoms with Gasteiger partial charge in [-0.2, -0.15) is 0 Å². The van der Waals surface area contributed by atoms with Gasteiger partial charge in [-0.1, -0.05) is 38.8 Å². The van der Waals surface area contributed by atoms with Gasteiger partial charge in [0, 0.05) is 0 Å². The predicted molar refractivity (Wildman–Crippen MR) is 87.1 cm³/mol. The van der Waals surface area contributed by atoms with E-state index in [4.69, 9.17) is 4.74 Å². The van der Waals surface area contributed by atoms with E-state index < -0.39 is 0 Å². The topological polar surface area (TPSA) is 26.3 Å². The third-order valence-corrected chi connectivity index (χ3v) is 7.31. The Hall–Kier alpha value is -0.790. The van der Waals surface area contributed by atoms with E-state index in [2.05, 4.69) is 26.0 Å². The van der Waals surface area contributed by atoms with E-state index in [9.17, 15) is 4.79 Å². The molecule has 4 aliphatic rings. The minimum absolute atomic E-state index is 0.132. The fraction of sp³-hybridized carbons (Fsp3) is 0.850. The molecule has 4 aliphatic carbocycles. The van der Waals surface area contributed by atoms with Crippen LogP contribution in [0.25, 0.3) is 0 Å². The van der Waals surface area contributed by atoms with Gasteiger partial charge in [0.15, 0.2) is 0 Å². The molecule has 0 spiro atoms. The molecule has 0 radical (unpaired) electrons. The first-order valence-electron chi connectivity index (χ1n) is 9.57. The molecule has 22 heavy (non-hydrogen) atoms. The van der Waals surface area contributed by atoms with Crippen LogP contribution in [0.5, 0.6) is 0 Å². The Kier molecular flexibility index (Phi) is 3.82. The number of ether oxygens (including phenoxy) is 1. The van der Waals surface area contributed by atoms with Crippen LogP contribution in [-0.4, -0.2) is 12.6 Å². The first-order chi connectivity index (χ1) is 10.7. The molecule has 2 heteroatoms. The molecule has 3 fully saturated rings. The van der Waals surface area contributed by atoms with Crippen molar-refractivity contribution in [2.45, 2.75) is 52.4 Å². The van der Waals surface area contributed by atoms with Crippen molar-refractivity contribution in [2.24, 2.45) is 47.3 Å². The van der Waals surface area contributed by atoms with Gasteiger partial charge in [0.25, 0.3) is 0 Å². The number of hydrogen-bond acceptors (Lipinski definition) is 2. The van der Waals surface area contributed by atoms with Crippen molar-refractivity contribution < 1.29 is 9.53 Å². The normalized spacial score (nSPS) is 45.3. The lowest BCUT2D eigenvalue weighted by atomic mass is 9.69. The maximum absolute atomic E-state index is 12.6. The average molecular weight is 302 g/mol. The monoisotopic (exact) mass is 302 g/mol. The molecule has 122 valence electrons. The second-order valence-corrected chi connectivity index (χ2v) is 8.30. The van der Waals surface area contributed by atoms with E-state index in [1.165, 1.54) is 25.7 Å². The molecule has 8 unspecified atom stereocenters. The van der Waals surface area contributed by atoms with Gasteiger partial charge in [-0.25, -0.2) is 0 Å². The summed E-state index contributed by atoms with van der Waals surface area (Å²) in [7, 11) is 0. The smallest absolute Gasteiger partial charge is 0.309 e. The van der Waals surface area contributed by atoms with Crippen LogP contribution in [0, 0.1) is 47.3 Å². The fourth-order valence-corrected chi connectivity index (χ4v) is 6.41. The highest BCUT2D eigenvalue weighted by atomic mass is 16.5. The second-order valence-electron chi connectivity index (χ2n) is 8.30. The van der Waals surface area contributed by atoms with Crippen LogP contribution in [0.3, 0.4) is 0 Å². The number of rotatable bonds is 6. The number of carbonyl (C=O) groups excluding carboxylic acids is 1. The van der Waals surface area contributed by atoms with E-state index in [-0.39, 0.29) is 11.9 Å². The van der Waals surface area contributed by atoms with Gasteiger partial charge in [0.05, 0.1) is 12.5 Å². The Balaban J connectivity index is 1.37. The van der Waals surface area contributed by atoms with Gasteiger partial charge in [0.1, 0.15) is 0 Å². The number of allylic oxidation sites excluding steroid dienone is 2. The van der Waals surface area contributed by atoms with Gasteiger partial charge in [0.2, 0.25) is 0 Å². The summed E-state index contributed by atoms with van der Waals surface area (Å²) in [6.45, 7) is 5.07. The van der Waals surface area contributed by atoms with Gasteiger partial charge in [-0.15, -0.1) is 0 Å². The van der Waals surface area contributed by atoms with Crippen molar-refractivity contribution in [2.75, 3.05) is 6.61 Å². The summed E-state index contributed by atoms with van der Waals surface area (Å²) < 4.78 is 5.76. The van der Waals surface area contributed by atoms with Crippen molar-refractivity contribution in [3.05, 3.63) is 12.2 Å². The van der Waals surface area contributed by atoms with Gasteiger partial charge in [-0.3, -0.25) is 4.79 Å². The van der Waals surface area contributed by atoms with E-state index in [1.54, 1.807) is 0 Å². The molecule has 0 aromatic rings. The summed E-state index contributed by atoms with van der Waals surface area (Å²) in [6, 6.07) is 0. The third kappa shape index (κ3) is 2.17. The first-order valence-corrected chi connectivity index (χ1v) is 9.57. The summed E-state index contributed by atoms with van der Waals surface area (Å²) in [5, 5.41) is 0. The Morgan fingerprint density at radius 1 is 1.14 bits per heavy atom. The molecule has 0 saturated heterocycles. The van der Waals surface area contributed by atoms with Gasteiger partial charge in [-0.05, 0) is 67.1 Å². The second kappa shape index (κ2) is 5.69. The predicted octanol–water partition coefficient (Wildman–Crippen LogP) is 4.45. The van der Waals surface area contributed by atoms with Gasteiger partial charge < -0.3 is 4.74 Å². The maximum Gasteiger partial charge on any atom is 0.309 e. The highest BCUT2D eigenvalue weighted by Crippen LogP contribution is 2.67. The maximum atomic E-state index is 12.6. The number of esters is 1. The van der Waals surface area contributed by atoms with Crippen molar-refractivity contribution in [3.8, 4) is 0 Å². The van der Waals surface area contributed by atoms with E-state index in [0.717, 1.165) is 42.4 Å². The summed E-state index contributed by atoms with van der Waals surface area (Å²) in [4.78, 5) is 12.6. The SMILES string of the molecule is CCCC(CC)COC(=O)C1CC2CC1C1C3C=CC(C3)C21. The Morgan fingerprint density at radius 3 is 2.64 bits per heavy atom. The molecule has 0 aliphatic heterocycles. The molecule has 0 aromatic carbocycles. The summed E-state index contributed by atoms with van der Waals surface area (Å²) >= 11 is 0. The molecule has 4 rings (SSSR count). The molecule has 3 saturated carbocycles. The quantitative estimate of drug-likeness (QED) is 0.411. The molecule has 4 bridgehead atoms. The van der Waals surface area contributed by atoms with Crippen LogP contribution in [0.2, 0.25) is 0 Å². The minimum atomic E-state index is 0.132. The van der Waals surface area contributed by atoms with Crippen LogP contribution in [0.1, 0.15) is 52.4 Å². The Labute approximate surface area is 134 Å². The van der Waals surface area contributed by atoms with E-state index in [0.29, 0.717) is 18.4 Å². The van der Waals surface area contributed by atoms with E-state index in [1.807, 2.05) is 0 Å². The largest absolute Gasteiger partial charge is 0.465 e. The van der Waals surface area contributed by atoms with Crippen molar-refractivity contribution in [3.63, 3.8) is 0 Å². The highest BCUT2D eigenvalue weighted by Gasteiger charge is 2.62. The summed E-state index contributed by atoms with van der Waals surface area (Å²) in [6.07, 6.45) is 12.2. The van der Waals surface area contributed by atoms with Crippen molar-refractivity contribution in [1.82, 2.24) is 0 Å². The molecular formula is C20H30O2. The van der Waals surface area contributed by atoms with Crippen LogP contribution >= 0.6 is 0 Å². The van der Waals surface area contributed by atoms with Crippen molar-refractivity contribution >= 4 is 5.97 Å². The Morgan fingerprint density at radius 2 is 1.91 bits per heavy atom. The molecular weight excluding hydrogens is 272 g/mol. The molecule has 0 aromatic heterocycles. The fourth-order valence-electron chi connectivity index (χ4n) is 6.41. The lowest BCUT2D eigenvalue weighted by molar-refractivity contribution is -0.153. The lowest BCUT2D eigenvalue weighted by Crippen LogP contribution is -2.35. The zero-order valence-corrected chi connectivity index (χ0v) is 14.0. The molecule has 2 nitrogen and oxygen atoms in total. The molecule has 0 amide bonds. The average Bonchev–Trinajstić information content (AvgIpc) is 3.28. The van der Waals surface area contributed by atoms with Crippen LogP contribution in [-0.2, 0) is 9.53 Å². The first kappa shape index (κ1) is 14.8. The number of hydrogen-bond donors (Lipinski definition) is 0. The van der Waals surface area contributed by atoms with Crippen LogP contribution in [0.4, 0.5) is 0 Å².